The molecule has 4 aromatic carbocycles. The molecule has 2 amide bonds. The summed E-state index contributed by atoms with van der Waals surface area (Å²) in [5.74, 6) is 1.90. The Morgan fingerprint density at radius 1 is 0.756 bits per heavy atom. The van der Waals surface area contributed by atoms with Gasteiger partial charge in [-0.25, -0.2) is 14.8 Å². The zero-order chi connectivity index (χ0) is 30.7. The number of hydrogen-bond acceptors (Lipinski definition) is 4. The number of H-pyrrole nitrogens is 2. The van der Waals surface area contributed by atoms with Crippen LogP contribution in [-0.4, -0.2) is 49.5 Å². The number of imidazole rings is 2. The molecule has 2 fully saturated rings. The molecule has 4 N–H and O–H groups in total. The van der Waals surface area contributed by atoms with Gasteiger partial charge in [-0.3, -0.25) is 0 Å². The topological polar surface area (TPSA) is 102 Å². The zero-order valence-electron chi connectivity index (χ0n) is 26.1. The summed E-state index contributed by atoms with van der Waals surface area (Å²) < 4.78 is 0. The summed E-state index contributed by atoms with van der Waals surface area (Å²) in [6, 6.07) is 26.5. The largest absolute Gasteiger partial charge is 0.341 e. The van der Waals surface area contributed by atoms with E-state index in [9.17, 15) is 4.79 Å². The van der Waals surface area contributed by atoms with Crippen LogP contribution in [0.2, 0.25) is 0 Å². The molecule has 8 rings (SSSR count). The van der Waals surface area contributed by atoms with Gasteiger partial charge >= 0.3 is 6.03 Å². The molecular formula is C37H39N7O. The molecule has 2 aromatic heterocycles. The average Bonchev–Trinajstić information content (AvgIpc) is 3.84. The molecule has 0 saturated carbocycles. The fourth-order valence-corrected chi connectivity index (χ4v) is 6.95. The smallest absolute Gasteiger partial charge is 0.318 e. The highest BCUT2D eigenvalue weighted by atomic mass is 16.2. The van der Waals surface area contributed by atoms with Gasteiger partial charge in [0, 0.05) is 12.1 Å². The molecule has 2 saturated heterocycles. The Bertz CT molecular complexity index is 2060. The molecule has 4 heterocycles. The van der Waals surface area contributed by atoms with E-state index in [0.717, 1.165) is 77.2 Å². The van der Waals surface area contributed by atoms with Gasteiger partial charge in [0.15, 0.2) is 0 Å². The van der Waals surface area contributed by atoms with Gasteiger partial charge < -0.3 is 25.5 Å². The van der Waals surface area contributed by atoms with E-state index in [-0.39, 0.29) is 17.6 Å². The summed E-state index contributed by atoms with van der Waals surface area (Å²) >= 11 is 0. The summed E-state index contributed by atoms with van der Waals surface area (Å²) in [6.45, 7) is 7.83. The van der Waals surface area contributed by atoms with E-state index in [1.807, 2.05) is 25.7 Å². The minimum atomic E-state index is -0.278. The van der Waals surface area contributed by atoms with Crippen LogP contribution in [0.4, 0.5) is 4.79 Å². The van der Waals surface area contributed by atoms with Crippen LogP contribution < -0.4 is 10.6 Å². The molecule has 2 unspecified atom stereocenters. The predicted octanol–water partition coefficient (Wildman–Crippen LogP) is 8.00. The standard InChI is InChI=1S/C37H39N7O/c1-37(2,3)43-36(45)44-17-5-7-33(44)35-40-29-15-13-27(21-32(29)42-35)25-11-9-22-18-24(10-8-23(22)19-25)26-12-14-28-31(20-26)41-34(39-28)30-6-4-16-38-30/h8-15,18-21,30,33,38H,4-7,16-17H2,1-3H3,(H,39,41)(H,40,42)(H,43,45). The number of fused-ring (bicyclic) bond motifs is 3. The van der Waals surface area contributed by atoms with E-state index in [1.165, 1.54) is 28.3 Å². The molecule has 2 aliphatic heterocycles. The molecule has 0 spiro atoms. The van der Waals surface area contributed by atoms with Crippen LogP contribution in [0.5, 0.6) is 0 Å². The normalized spacial score (nSPS) is 18.9. The molecule has 0 bridgehead atoms. The van der Waals surface area contributed by atoms with Crippen molar-refractivity contribution in [2.24, 2.45) is 0 Å². The van der Waals surface area contributed by atoms with Crippen molar-refractivity contribution in [3.63, 3.8) is 0 Å². The van der Waals surface area contributed by atoms with Gasteiger partial charge in [-0.2, -0.15) is 0 Å². The number of nitrogens with one attached hydrogen (secondary N) is 4. The lowest BCUT2D eigenvalue weighted by Gasteiger charge is -2.28. The van der Waals surface area contributed by atoms with Crippen LogP contribution in [0.25, 0.3) is 55.1 Å². The number of rotatable bonds is 4. The van der Waals surface area contributed by atoms with Gasteiger partial charge in [-0.15, -0.1) is 0 Å². The monoisotopic (exact) mass is 597 g/mol. The lowest BCUT2D eigenvalue weighted by molar-refractivity contribution is 0.182. The molecule has 6 aromatic rings. The van der Waals surface area contributed by atoms with Crippen molar-refractivity contribution in [1.82, 2.24) is 35.5 Å². The van der Waals surface area contributed by atoms with Gasteiger partial charge in [-0.05, 0) is 122 Å². The second-order valence-electron chi connectivity index (χ2n) is 13.7. The summed E-state index contributed by atoms with van der Waals surface area (Å²) in [7, 11) is 0. The highest BCUT2D eigenvalue weighted by Crippen LogP contribution is 2.34. The first-order valence-corrected chi connectivity index (χ1v) is 16.1. The van der Waals surface area contributed by atoms with Crippen LogP contribution in [0.3, 0.4) is 0 Å². The third-order valence-electron chi connectivity index (χ3n) is 9.21. The summed E-state index contributed by atoms with van der Waals surface area (Å²) in [5.41, 5.74) is 8.39. The summed E-state index contributed by atoms with van der Waals surface area (Å²) in [4.78, 5) is 31.7. The summed E-state index contributed by atoms with van der Waals surface area (Å²) in [5, 5.41) is 9.05. The fourth-order valence-electron chi connectivity index (χ4n) is 6.95. The molecule has 2 aliphatic rings. The van der Waals surface area contributed by atoms with Crippen molar-refractivity contribution in [2.75, 3.05) is 13.1 Å². The van der Waals surface area contributed by atoms with E-state index in [1.54, 1.807) is 0 Å². The van der Waals surface area contributed by atoms with Crippen molar-refractivity contribution in [3.05, 3.63) is 84.4 Å². The molecule has 8 heteroatoms. The lowest BCUT2D eigenvalue weighted by atomic mass is 9.97. The van der Waals surface area contributed by atoms with Crippen LogP contribution >= 0.6 is 0 Å². The number of amides is 2. The van der Waals surface area contributed by atoms with Gasteiger partial charge in [-0.1, -0.05) is 36.4 Å². The van der Waals surface area contributed by atoms with E-state index in [0.29, 0.717) is 6.04 Å². The molecule has 8 nitrogen and oxygen atoms in total. The van der Waals surface area contributed by atoms with E-state index < -0.39 is 0 Å². The summed E-state index contributed by atoms with van der Waals surface area (Å²) in [6.07, 6.45) is 4.21. The third kappa shape index (κ3) is 5.33. The molecule has 0 aliphatic carbocycles. The van der Waals surface area contributed by atoms with Crippen molar-refractivity contribution in [3.8, 4) is 22.3 Å². The number of carbonyl (C=O) groups is 1. The van der Waals surface area contributed by atoms with Gasteiger partial charge in [0.05, 0.1) is 34.2 Å². The van der Waals surface area contributed by atoms with Crippen molar-refractivity contribution < 1.29 is 4.79 Å². The van der Waals surface area contributed by atoms with Gasteiger partial charge in [0.1, 0.15) is 11.6 Å². The fraction of sp³-hybridized carbons (Fsp3) is 0.324. The van der Waals surface area contributed by atoms with Gasteiger partial charge in [0.25, 0.3) is 0 Å². The van der Waals surface area contributed by atoms with E-state index >= 15 is 0 Å². The number of carbonyl (C=O) groups excluding carboxylic acids is 1. The highest BCUT2D eigenvalue weighted by molar-refractivity contribution is 5.93. The van der Waals surface area contributed by atoms with E-state index in [4.69, 9.17) is 9.97 Å². The Kier molecular flexibility index (Phi) is 6.64. The van der Waals surface area contributed by atoms with Crippen LogP contribution in [0, 0.1) is 0 Å². The number of urea groups is 1. The second-order valence-corrected chi connectivity index (χ2v) is 13.7. The van der Waals surface area contributed by atoms with Crippen LogP contribution in [0.15, 0.2) is 72.8 Å². The Labute approximate surface area is 262 Å². The zero-order valence-corrected chi connectivity index (χ0v) is 26.1. The maximum Gasteiger partial charge on any atom is 0.318 e. The number of likely N-dealkylation sites (tertiary alicyclic amines) is 1. The number of benzene rings is 4. The van der Waals surface area contributed by atoms with Crippen LogP contribution in [-0.2, 0) is 0 Å². The Hall–Kier alpha value is -4.69. The van der Waals surface area contributed by atoms with Gasteiger partial charge in [0.2, 0.25) is 0 Å². The minimum absolute atomic E-state index is 0.0293. The first-order chi connectivity index (χ1) is 21.8. The maximum absolute atomic E-state index is 13.0. The molecule has 228 valence electrons. The number of aromatic nitrogens is 4. The van der Waals surface area contributed by atoms with Crippen LogP contribution in [0.1, 0.15) is 70.2 Å². The molecule has 45 heavy (non-hydrogen) atoms. The molecular weight excluding hydrogens is 558 g/mol. The number of aromatic amines is 2. The van der Waals surface area contributed by atoms with Crippen molar-refractivity contribution >= 4 is 38.9 Å². The molecule has 0 radical (unpaired) electrons. The predicted molar refractivity (Wildman–Crippen MR) is 181 cm³/mol. The van der Waals surface area contributed by atoms with Crippen molar-refractivity contribution in [1.29, 1.82) is 0 Å². The first-order valence-electron chi connectivity index (χ1n) is 16.1. The van der Waals surface area contributed by atoms with Crippen molar-refractivity contribution in [2.45, 2.75) is 64.1 Å². The minimum Gasteiger partial charge on any atom is -0.341 e. The number of nitrogens with zero attached hydrogens (tertiary/aromatic N) is 3. The maximum atomic E-state index is 13.0. The quantitative estimate of drug-likeness (QED) is 0.165. The third-order valence-corrected chi connectivity index (χ3v) is 9.21. The first kappa shape index (κ1) is 27.8. The highest BCUT2D eigenvalue weighted by Gasteiger charge is 2.33. The number of hydrogen-bond donors (Lipinski definition) is 4. The Balaban J connectivity index is 1.04. The second kappa shape index (κ2) is 10.7. The van der Waals surface area contributed by atoms with E-state index in [2.05, 4.69) is 93.4 Å². The Morgan fingerprint density at radius 2 is 1.33 bits per heavy atom. The lowest BCUT2D eigenvalue weighted by Crippen LogP contribution is -2.48. The SMILES string of the molecule is CC(C)(C)NC(=O)N1CCCC1c1nc2ccc(-c3ccc4cc(-c5ccc6nc(C7CCCN7)[nH]c6c5)ccc4c3)cc2[nH]1. The Morgan fingerprint density at radius 3 is 1.93 bits per heavy atom. The average molecular weight is 598 g/mol. The molecule has 2 atom stereocenters.